The van der Waals surface area contributed by atoms with Crippen LogP contribution < -0.4 is 21.5 Å². The van der Waals surface area contributed by atoms with Crippen LogP contribution in [0.25, 0.3) is 11.4 Å². The molecular weight excluding hydrogens is 607 g/mol. The number of amides is 3. The maximum atomic E-state index is 14.8. The molecule has 46 heavy (non-hydrogen) atoms. The van der Waals surface area contributed by atoms with E-state index in [-0.39, 0.29) is 24.4 Å². The molecule has 3 amide bonds. The number of nitrogens with zero attached hydrogens (tertiary/aromatic N) is 2. The lowest BCUT2D eigenvalue weighted by Gasteiger charge is -2.29. The van der Waals surface area contributed by atoms with Gasteiger partial charge in [0.05, 0.1) is 12.2 Å². The van der Waals surface area contributed by atoms with Crippen molar-refractivity contribution < 1.29 is 37.4 Å². The SMILES string of the molecule is CNC(=O)C(F)(F)C(O)C(Cc1ccccc1)NC(=O)Cn1c(-c2cccc(F)c2)ncc(NC(=O)OCc2ccccc2)c1=O. The molecule has 2 atom stereocenters. The molecule has 4 rings (SSSR count). The van der Waals surface area contributed by atoms with Gasteiger partial charge in [-0.2, -0.15) is 8.78 Å². The molecule has 240 valence electrons. The van der Waals surface area contributed by atoms with Gasteiger partial charge in [-0.05, 0) is 29.7 Å². The first-order chi connectivity index (χ1) is 22.0. The minimum absolute atomic E-state index is 0.0927. The van der Waals surface area contributed by atoms with E-state index in [2.05, 4.69) is 15.6 Å². The fourth-order valence-corrected chi connectivity index (χ4v) is 4.51. The minimum atomic E-state index is -4.30. The smallest absolute Gasteiger partial charge is 0.412 e. The Balaban J connectivity index is 1.63. The molecule has 11 nitrogen and oxygen atoms in total. The fourth-order valence-electron chi connectivity index (χ4n) is 4.51. The van der Waals surface area contributed by atoms with Crippen LogP contribution >= 0.6 is 0 Å². The highest BCUT2D eigenvalue weighted by Gasteiger charge is 2.50. The van der Waals surface area contributed by atoms with Crippen LogP contribution in [0.4, 0.5) is 23.7 Å². The van der Waals surface area contributed by atoms with E-state index in [1.165, 1.54) is 12.1 Å². The molecule has 0 saturated carbocycles. The van der Waals surface area contributed by atoms with Gasteiger partial charge in [-0.1, -0.05) is 72.8 Å². The summed E-state index contributed by atoms with van der Waals surface area (Å²) in [5.41, 5.74) is -0.107. The molecule has 2 unspecified atom stereocenters. The highest BCUT2D eigenvalue weighted by Crippen LogP contribution is 2.24. The summed E-state index contributed by atoms with van der Waals surface area (Å²) in [4.78, 5) is 55.4. The summed E-state index contributed by atoms with van der Waals surface area (Å²) in [5.74, 6) is -7.94. The van der Waals surface area contributed by atoms with Gasteiger partial charge in [0.1, 0.15) is 36.6 Å². The summed E-state index contributed by atoms with van der Waals surface area (Å²) in [6.45, 7) is -0.959. The number of halogens is 3. The number of anilines is 1. The number of ether oxygens (including phenoxy) is 1. The van der Waals surface area contributed by atoms with Gasteiger partial charge in [0.15, 0.2) is 0 Å². The molecule has 4 N–H and O–H groups in total. The Hall–Kier alpha value is -5.50. The van der Waals surface area contributed by atoms with Crippen molar-refractivity contribution in [1.82, 2.24) is 20.2 Å². The van der Waals surface area contributed by atoms with E-state index in [0.29, 0.717) is 11.1 Å². The predicted octanol–water partition coefficient (Wildman–Crippen LogP) is 3.27. The van der Waals surface area contributed by atoms with Crippen LogP contribution in [0.1, 0.15) is 11.1 Å². The maximum absolute atomic E-state index is 14.8. The maximum Gasteiger partial charge on any atom is 0.412 e. The van der Waals surface area contributed by atoms with E-state index in [1.807, 2.05) is 0 Å². The normalized spacial score (nSPS) is 12.5. The highest BCUT2D eigenvalue weighted by molar-refractivity contribution is 5.85. The summed E-state index contributed by atoms with van der Waals surface area (Å²) < 4.78 is 49.7. The van der Waals surface area contributed by atoms with Gasteiger partial charge < -0.3 is 20.5 Å². The first kappa shape index (κ1) is 33.4. The van der Waals surface area contributed by atoms with Crippen molar-refractivity contribution in [2.45, 2.75) is 37.6 Å². The topological polar surface area (TPSA) is 152 Å². The number of nitrogens with one attached hydrogen (secondary N) is 3. The number of alkyl halides is 2. The molecule has 0 radical (unpaired) electrons. The Morgan fingerprint density at radius 1 is 0.978 bits per heavy atom. The molecule has 1 aromatic heterocycles. The number of carbonyl (C=O) groups excluding carboxylic acids is 3. The Morgan fingerprint density at radius 3 is 2.26 bits per heavy atom. The summed E-state index contributed by atoms with van der Waals surface area (Å²) in [7, 11) is 0.972. The van der Waals surface area contributed by atoms with Crippen LogP contribution in [-0.2, 0) is 33.9 Å². The lowest BCUT2D eigenvalue weighted by atomic mass is 9.96. The molecule has 0 aliphatic carbocycles. The van der Waals surface area contributed by atoms with Crippen LogP contribution in [-0.4, -0.2) is 57.7 Å². The number of hydrogen-bond donors (Lipinski definition) is 4. The van der Waals surface area contributed by atoms with Gasteiger partial charge >= 0.3 is 12.0 Å². The molecule has 3 aromatic carbocycles. The third-order valence-corrected chi connectivity index (χ3v) is 6.81. The van der Waals surface area contributed by atoms with Crippen molar-refractivity contribution in [2.75, 3.05) is 12.4 Å². The largest absolute Gasteiger partial charge is 0.444 e. The third-order valence-electron chi connectivity index (χ3n) is 6.81. The number of aliphatic hydroxyl groups excluding tert-OH is 1. The van der Waals surface area contributed by atoms with E-state index >= 15 is 0 Å². The summed E-state index contributed by atoms with van der Waals surface area (Å²) in [6, 6.07) is 20.1. The quantitative estimate of drug-likeness (QED) is 0.186. The van der Waals surface area contributed by atoms with Crippen LogP contribution in [0.2, 0.25) is 0 Å². The fraction of sp³-hybridized carbons (Fsp3) is 0.219. The number of hydrogen-bond acceptors (Lipinski definition) is 7. The molecule has 0 spiro atoms. The van der Waals surface area contributed by atoms with Crippen molar-refractivity contribution in [3.63, 3.8) is 0 Å². The zero-order valence-electron chi connectivity index (χ0n) is 24.5. The van der Waals surface area contributed by atoms with Crippen molar-refractivity contribution in [3.05, 3.63) is 118 Å². The second-order valence-corrected chi connectivity index (χ2v) is 10.1. The van der Waals surface area contributed by atoms with E-state index in [0.717, 1.165) is 29.9 Å². The van der Waals surface area contributed by atoms with Crippen molar-refractivity contribution >= 4 is 23.6 Å². The van der Waals surface area contributed by atoms with Gasteiger partial charge in [-0.25, -0.2) is 14.2 Å². The Morgan fingerprint density at radius 2 is 1.63 bits per heavy atom. The number of carbonyl (C=O) groups is 3. The van der Waals surface area contributed by atoms with Gasteiger partial charge in [0, 0.05) is 12.6 Å². The molecule has 0 aliphatic rings. The van der Waals surface area contributed by atoms with Crippen molar-refractivity contribution in [2.24, 2.45) is 0 Å². The van der Waals surface area contributed by atoms with Gasteiger partial charge in [-0.15, -0.1) is 0 Å². The Bertz CT molecular complexity index is 1740. The molecule has 1 heterocycles. The van der Waals surface area contributed by atoms with Crippen LogP contribution in [0, 0.1) is 5.82 Å². The van der Waals surface area contributed by atoms with Crippen molar-refractivity contribution in [1.29, 1.82) is 0 Å². The van der Waals surface area contributed by atoms with Crippen LogP contribution in [0.5, 0.6) is 0 Å². The van der Waals surface area contributed by atoms with Gasteiger partial charge in [0.25, 0.3) is 11.5 Å². The Kier molecular flexibility index (Phi) is 10.9. The van der Waals surface area contributed by atoms with Crippen molar-refractivity contribution in [3.8, 4) is 11.4 Å². The second-order valence-electron chi connectivity index (χ2n) is 10.1. The lowest BCUT2D eigenvalue weighted by molar-refractivity contribution is -0.167. The van der Waals surface area contributed by atoms with Gasteiger partial charge in [-0.3, -0.25) is 24.3 Å². The average molecular weight is 638 g/mol. The first-order valence-corrected chi connectivity index (χ1v) is 13.9. The number of benzene rings is 3. The molecule has 0 saturated heterocycles. The van der Waals surface area contributed by atoms with Crippen LogP contribution in [0.3, 0.4) is 0 Å². The second kappa shape index (κ2) is 15.0. The molecule has 0 aliphatic heterocycles. The van der Waals surface area contributed by atoms with E-state index < -0.39 is 59.6 Å². The average Bonchev–Trinajstić information content (AvgIpc) is 3.05. The van der Waals surface area contributed by atoms with E-state index in [1.54, 1.807) is 66.0 Å². The van der Waals surface area contributed by atoms with Crippen LogP contribution in [0.15, 0.2) is 95.9 Å². The standard InChI is InChI=1S/C32H30F3N5O6/c1-36-30(44)32(34,35)27(42)24(15-20-9-4-2-5-10-20)38-26(41)18-40-28(22-13-8-14-23(33)16-22)37-17-25(29(40)43)39-31(45)46-19-21-11-6-3-7-12-21/h2-14,16-17,24,27,42H,15,18-19H2,1H3,(H,36,44)(H,38,41)(H,39,45). The van der Waals surface area contributed by atoms with E-state index in [4.69, 9.17) is 4.74 Å². The third kappa shape index (κ3) is 8.35. The zero-order valence-corrected chi connectivity index (χ0v) is 24.5. The molecule has 4 aromatic rings. The summed E-state index contributed by atoms with van der Waals surface area (Å²) in [6.07, 6.45) is -2.97. The number of rotatable bonds is 12. The minimum Gasteiger partial charge on any atom is -0.444 e. The highest BCUT2D eigenvalue weighted by atomic mass is 19.3. The predicted molar refractivity (Wildman–Crippen MR) is 161 cm³/mol. The molecule has 0 bridgehead atoms. The summed E-state index contributed by atoms with van der Waals surface area (Å²) >= 11 is 0. The molecule has 0 fully saturated rings. The van der Waals surface area contributed by atoms with Gasteiger partial charge in [0.2, 0.25) is 5.91 Å². The number of aromatic nitrogens is 2. The zero-order chi connectivity index (χ0) is 33.3. The van der Waals surface area contributed by atoms with E-state index in [9.17, 15) is 37.5 Å². The molecule has 14 heteroatoms. The molecular formula is C32H30F3N5O6. The lowest BCUT2D eigenvalue weighted by Crippen LogP contribution is -2.58. The first-order valence-electron chi connectivity index (χ1n) is 13.9. The Labute approximate surface area is 261 Å². The number of aliphatic hydroxyl groups is 1. The summed E-state index contributed by atoms with van der Waals surface area (Å²) in [5, 5.41) is 16.9. The monoisotopic (exact) mass is 637 g/mol.